The minimum atomic E-state index is -0.891. The highest BCUT2D eigenvalue weighted by Gasteiger charge is 2.11. The number of anilines is 1. The summed E-state index contributed by atoms with van der Waals surface area (Å²) >= 11 is 0. The quantitative estimate of drug-likeness (QED) is 0.165. The zero-order valence-corrected chi connectivity index (χ0v) is 16.5. The zero-order valence-electron chi connectivity index (χ0n) is 16.5. The fraction of sp³-hybridized carbons (Fsp3) is 0.562. The van der Waals surface area contributed by atoms with Gasteiger partial charge in [-0.15, -0.1) is 10.1 Å². The van der Waals surface area contributed by atoms with Gasteiger partial charge in [-0.3, -0.25) is 23.9 Å². The Morgan fingerprint density at radius 2 is 1.81 bits per heavy atom. The standard InChI is InChI=1S/C16H22N6O9/c17-16-19-14-13(15(25)20-16)18-9-21(14)10-28-7-8-30-12(24)4-3-11(23)29-5-1-2-6-31-22(26)27/h9H,1-8,10H2,(H3,17,19,20,25). The highest BCUT2D eigenvalue weighted by molar-refractivity contribution is 5.77. The summed E-state index contributed by atoms with van der Waals surface area (Å²) in [5, 5.41) is 9.06. The van der Waals surface area contributed by atoms with E-state index in [1.54, 1.807) is 0 Å². The third-order valence-electron chi connectivity index (χ3n) is 3.75. The summed E-state index contributed by atoms with van der Waals surface area (Å²) in [7, 11) is 0. The van der Waals surface area contributed by atoms with Gasteiger partial charge in [0.05, 0.1) is 39.0 Å². The first-order valence-electron chi connectivity index (χ1n) is 9.23. The summed E-state index contributed by atoms with van der Waals surface area (Å²) < 4.78 is 16.7. The summed E-state index contributed by atoms with van der Waals surface area (Å²) in [6.07, 6.45) is 1.85. The first kappa shape index (κ1) is 23.5. The molecule has 2 heterocycles. The number of aromatic nitrogens is 4. The van der Waals surface area contributed by atoms with Crippen molar-refractivity contribution >= 4 is 29.1 Å². The van der Waals surface area contributed by atoms with Gasteiger partial charge < -0.3 is 24.8 Å². The van der Waals surface area contributed by atoms with Crippen molar-refractivity contribution in [2.75, 3.05) is 32.2 Å². The fourth-order valence-corrected chi connectivity index (χ4v) is 2.32. The number of imidazole rings is 1. The fourth-order valence-electron chi connectivity index (χ4n) is 2.32. The minimum absolute atomic E-state index is 0.0168. The van der Waals surface area contributed by atoms with Gasteiger partial charge in [0.1, 0.15) is 13.3 Å². The van der Waals surface area contributed by atoms with Crippen LogP contribution in [0, 0.1) is 10.1 Å². The maximum Gasteiger partial charge on any atom is 0.306 e. The van der Waals surface area contributed by atoms with Crippen molar-refractivity contribution in [2.45, 2.75) is 32.4 Å². The second-order valence-electron chi connectivity index (χ2n) is 6.08. The number of rotatable bonds is 14. The Hall–Kier alpha value is -3.75. The number of nitrogens with two attached hydrogens (primary N) is 1. The number of H-pyrrole nitrogens is 1. The largest absolute Gasteiger partial charge is 0.466 e. The number of nitrogen functional groups attached to an aromatic ring is 1. The first-order valence-corrected chi connectivity index (χ1v) is 9.23. The van der Waals surface area contributed by atoms with Gasteiger partial charge in [0.2, 0.25) is 5.95 Å². The van der Waals surface area contributed by atoms with Gasteiger partial charge >= 0.3 is 11.9 Å². The van der Waals surface area contributed by atoms with Crippen molar-refractivity contribution in [3.8, 4) is 0 Å². The molecule has 170 valence electrons. The average molecular weight is 442 g/mol. The second kappa shape index (κ2) is 12.1. The number of nitrogens with one attached hydrogen (secondary N) is 1. The van der Waals surface area contributed by atoms with Crippen LogP contribution in [0.25, 0.3) is 11.2 Å². The smallest absolute Gasteiger partial charge is 0.306 e. The van der Waals surface area contributed by atoms with Crippen LogP contribution < -0.4 is 11.3 Å². The van der Waals surface area contributed by atoms with E-state index in [4.69, 9.17) is 19.9 Å². The van der Waals surface area contributed by atoms with Crippen LogP contribution in [0.2, 0.25) is 0 Å². The highest BCUT2D eigenvalue weighted by Crippen LogP contribution is 2.06. The number of nitrogens with zero attached hydrogens (tertiary/aromatic N) is 4. The molecule has 31 heavy (non-hydrogen) atoms. The van der Waals surface area contributed by atoms with Gasteiger partial charge in [-0.1, -0.05) is 0 Å². The lowest BCUT2D eigenvalue weighted by Gasteiger charge is -2.07. The van der Waals surface area contributed by atoms with E-state index >= 15 is 0 Å². The van der Waals surface area contributed by atoms with Crippen LogP contribution in [-0.4, -0.2) is 63.0 Å². The van der Waals surface area contributed by atoms with E-state index in [-0.39, 0.29) is 63.1 Å². The molecule has 0 bridgehead atoms. The Morgan fingerprint density at radius 1 is 1.13 bits per heavy atom. The van der Waals surface area contributed by atoms with Crippen LogP contribution in [0.3, 0.4) is 0 Å². The predicted molar refractivity (Wildman–Crippen MR) is 102 cm³/mol. The van der Waals surface area contributed by atoms with Gasteiger partial charge in [0.25, 0.3) is 10.6 Å². The van der Waals surface area contributed by atoms with Crippen LogP contribution in [0.1, 0.15) is 25.7 Å². The van der Waals surface area contributed by atoms with E-state index in [9.17, 15) is 24.5 Å². The van der Waals surface area contributed by atoms with Gasteiger partial charge in [0, 0.05) is 0 Å². The summed E-state index contributed by atoms with van der Waals surface area (Å²) in [6, 6.07) is 0. The monoisotopic (exact) mass is 442 g/mol. The first-order chi connectivity index (χ1) is 14.9. The number of hydrogen-bond acceptors (Lipinski definition) is 12. The molecule has 0 aliphatic heterocycles. The highest BCUT2D eigenvalue weighted by atomic mass is 16.9. The number of aromatic amines is 1. The molecule has 0 aliphatic carbocycles. The molecule has 2 rings (SSSR count). The average Bonchev–Trinajstić information content (AvgIpc) is 3.11. The third kappa shape index (κ3) is 8.25. The molecule has 0 atom stereocenters. The number of ether oxygens (including phenoxy) is 3. The Bertz CT molecular complexity index is 957. The Labute approximate surface area is 174 Å². The molecule has 0 spiro atoms. The van der Waals surface area contributed by atoms with Crippen LogP contribution in [0.5, 0.6) is 0 Å². The van der Waals surface area contributed by atoms with E-state index in [0.717, 1.165) is 0 Å². The minimum Gasteiger partial charge on any atom is -0.466 e. The second-order valence-corrected chi connectivity index (χ2v) is 6.08. The maximum absolute atomic E-state index is 11.7. The molecule has 0 saturated carbocycles. The molecule has 0 unspecified atom stereocenters. The molecule has 0 amide bonds. The molecule has 0 aromatic carbocycles. The molecule has 0 radical (unpaired) electrons. The van der Waals surface area contributed by atoms with E-state index in [1.165, 1.54) is 10.9 Å². The Balaban J connectivity index is 1.54. The summed E-state index contributed by atoms with van der Waals surface area (Å²) in [6.45, 7) is 0.0633. The van der Waals surface area contributed by atoms with Crippen LogP contribution in [0.4, 0.5) is 5.95 Å². The lowest BCUT2D eigenvalue weighted by Crippen LogP contribution is -2.15. The number of unbranched alkanes of at least 4 members (excludes halogenated alkanes) is 1. The van der Waals surface area contributed by atoms with Crippen molar-refractivity contribution in [2.24, 2.45) is 0 Å². The SMILES string of the molecule is Nc1nc2c(ncn2COCCOC(=O)CCC(=O)OCCCCO[N+](=O)[O-])c(=O)[nH]1. The topological polar surface area (TPSA) is 204 Å². The molecule has 2 aromatic heterocycles. The van der Waals surface area contributed by atoms with Crippen molar-refractivity contribution in [3.05, 3.63) is 26.8 Å². The molecule has 0 fully saturated rings. The predicted octanol–water partition coefficient (Wildman–Crippen LogP) is -0.469. The van der Waals surface area contributed by atoms with E-state index < -0.39 is 22.6 Å². The molecular formula is C16H22N6O9. The Morgan fingerprint density at radius 3 is 2.52 bits per heavy atom. The van der Waals surface area contributed by atoms with Crippen molar-refractivity contribution in [1.82, 2.24) is 19.5 Å². The van der Waals surface area contributed by atoms with Crippen molar-refractivity contribution in [3.63, 3.8) is 0 Å². The van der Waals surface area contributed by atoms with Gasteiger partial charge in [-0.25, -0.2) is 4.98 Å². The van der Waals surface area contributed by atoms with Gasteiger partial charge in [-0.2, -0.15) is 4.98 Å². The van der Waals surface area contributed by atoms with Crippen LogP contribution in [-0.2, 0) is 35.4 Å². The lowest BCUT2D eigenvalue weighted by molar-refractivity contribution is -0.757. The number of fused-ring (bicyclic) bond motifs is 1. The lowest BCUT2D eigenvalue weighted by atomic mass is 10.3. The van der Waals surface area contributed by atoms with Crippen molar-refractivity contribution in [1.29, 1.82) is 0 Å². The maximum atomic E-state index is 11.7. The van der Waals surface area contributed by atoms with Crippen molar-refractivity contribution < 1.29 is 33.7 Å². The molecule has 15 nitrogen and oxygen atoms in total. The van der Waals surface area contributed by atoms with E-state index in [0.29, 0.717) is 12.8 Å². The number of esters is 2. The van der Waals surface area contributed by atoms with Crippen LogP contribution >= 0.6 is 0 Å². The Kier molecular flexibility index (Phi) is 9.15. The summed E-state index contributed by atoms with van der Waals surface area (Å²) in [4.78, 5) is 59.1. The number of hydrogen-bond donors (Lipinski definition) is 2. The molecule has 3 N–H and O–H groups in total. The number of carbonyl (C=O) groups excluding carboxylic acids is 2. The number of carbonyl (C=O) groups is 2. The molecule has 2 aromatic rings. The van der Waals surface area contributed by atoms with Gasteiger partial charge in [-0.05, 0) is 12.8 Å². The summed E-state index contributed by atoms with van der Waals surface area (Å²) in [5.41, 5.74) is 5.43. The molecule has 15 heteroatoms. The molecule has 0 aliphatic rings. The summed E-state index contributed by atoms with van der Waals surface area (Å²) in [5.74, 6) is -1.21. The third-order valence-corrected chi connectivity index (χ3v) is 3.75. The van der Waals surface area contributed by atoms with Crippen LogP contribution in [0.15, 0.2) is 11.1 Å². The van der Waals surface area contributed by atoms with E-state index in [2.05, 4.69) is 19.8 Å². The van der Waals surface area contributed by atoms with E-state index in [1.807, 2.05) is 0 Å². The zero-order chi connectivity index (χ0) is 22.6. The molecule has 0 saturated heterocycles. The van der Waals surface area contributed by atoms with Gasteiger partial charge in [0.15, 0.2) is 11.2 Å². The normalized spacial score (nSPS) is 10.7. The molecular weight excluding hydrogens is 420 g/mol.